The zero-order chi connectivity index (χ0) is 20.5. The van der Waals surface area contributed by atoms with Gasteiger partial charge in [0, 0.05) is 35.6 Å². The normalized spacial score (nSPS) is 19.3. The summed E-state index contributed by atoms with van der Waals surface area (Å²) in [6, 6.07) is 11.3. The van der Waals surface area contributed by atoms with Crippen LogP contribution in [0.5, 0.6) is 11.5 Å². The SMILES string of the molecule is COc1ccc(OC)c(C2CC(=O)N(c3cccc(F)c3)C3=C2C(=O)CCC3)c1. The summed E-state index contributed by atoms with van der Waals surface area (Å²) in [5.74, 6) is 0.254. The van der Waals surface area contributed by atoms with Gasteiger partial charge in [0.15, 0.2) is 5.78 Å². The molecule has 1 atom stereocenters. The van der Waals surface area contributed by atoms with Gasteiger partial charge in [0.1, 0.15) is 17.3 Å². The van der Waals surface area contributed by atoms with Gasteiger partial charge in [-0.1, -0.05) is 6.07 Å². The van der Waals surface area contributed by atoms with Gasteiger partial charge in [-0.2, -0.15) is 0 Å². The smallest absolute Gasteiger partial charge is 0.232 e. The molecule has 1 unspecified atom stereocenters. The Morgan fingerprint density at radius 2 is 1.86 bits per heavy atom. The lowest BCUT2D eigenvalue weighted by molar-refractivity contribution is -0.119. The van der Waals surface area contributed by atoms with Gasteiger partial charge in [-0.25, -0.2) is 4.39 Å². The van der Waals surface area contributed by atoms with Crippen molar-refractivity contribution in [3.05, 3.63) is 65.1 Å². The summed E-state index contributed by atoms with van der Waals surface area (Å²) in [5, 5.41) is 0. The second kappa shape index (κ2) is 7.70. The van der Waals surface area contributed by atoms with Gasteiger partial charge >= 0.3 is 0 Å². The first-order valence-electron chi connectivity index (χ1n) is 9.60. The van der Waals surface area contributed by atoms with Gasteiger partial charge in [-0.15, -0.1) is 0 Å². The molecule has 1 aliphatic heterocycles. The number of benzene rings is 2. The van der Waals surface area contributed by atoms with Gasteiger partial charge in [0.05, 0.1) is 19.9 Å². The quantitative estimate of drug-likeness (QED) is 0.771. The van der Waals surface area contributed by atoms with Gasteiger partial charge in [-0.3, -0.25) is 14.5 Å². The Morgan fingerprint density at radius 3 is 2.59 bits per heavy atom. The van der Waals surface area contributed by atoms with Crippen molar-refractivity contribution >= 4 is 17.4 Å². The molecule has 0 saturated carbocycles. The van der Waals surface area contributed by atoms with E-state index in [9.17, 15) is 14.0 Å². The highest BCUT2D eigenvalue weighted by Crippen LogP contribution is 2.46. The van der Waals surface area contributed by atoms with E-state index < -0.39 is 11.7 Å². The average molecular weight is 395 g/mol. The second-order valence-electron chi connectivity index (χ2n) is 7.21. The van der Waals surface area contributed by atoms with E-state index in [1.54, 1.807) is 38.5 Å². The van der Waals surface area contributed by atoms with Crippen molar-refractivity contribution in [3.63, 3.8) is 0 Å². The topological polar surface area (TPSA) is 55.8 Å². The minimum absolute atomic E-state index is 0.0232. The second-order valence-corrected chi connectivity index (χ2v) is 7.21. The van der Waals surface area contributed by atoms with Crippen LogP contribution >= 0.6 is 0 Å². The van der Waals surface area contributed by atoms with Crippen molar-refractivity contribution < 1.29 is 23.5 Å². The van der Waals surface area contributed by atoms with Crippen molar-refractivity contribution in [1.82, 2.24) is 0 Å². The van der Waals surface area contributed by atoms with Crippen LogP contribution in [0, 0.1) is 5.82 Å². The molecular formula is C23H22FNO4. The minimum atomic E-state index is -0.420. The lowest BCUT2D eigenvalue weighted by Gasteiger charge is -2.38. The molecule has 2 aromatic rings. The summed E-state index contributed by atoms with van der Waals surface area (Å²) in [7, 11) is 3.13. The monoisotopic (exact) mass is 395 g/mol. The molecule has 1 aliphatic carbocycles. The molecule has 0 N–H and O–H groups in total. The standard InChI is InChI=1S/C23H22FNO4/c1-28-16-9-10-21(29-2)17(12-16)18-13-22(27)25(15-6-3-5-14(24)11-15)19-7-4-8-20(26)23(18)19/h3,5-6,9-12,18H,4,7-8,13H2,1-2H3. The van der Waals surface area contributed by atoms with E-state index in [0.29, 0.717) is 47.7 Å². The molecule has 5 nitrogen and oxygen atoms in total. The highest BCUT2D eigenvalue weighted by Gasteiger charge is 2.40. The third-order valence-corrected chi connectivity index (χ3v) is 5.55. The number of anilines is 1. The third kappa shape index (κ3) is 3.39. The summed E-state index contributed by atoms with van der Waals surface area (Å²) in [5.41, 5.74) is 2.49. The van der Waals surface area contributed by atoms with Crippen LogP contribution in [0.15, 0.2) is 53.7 Å². The number of hydrogen-bond acceptors (Lipinski definition) is 4. The van der Waals surface area contributed by atoms with Crippen molar-refractivity contribution in [2.45, 2.75) is 31.6 Å². The lowest BCUT2D eigenvalue weighted by Crippen LogP contribution is -2.40. The Bertz CT molecular complexity index is 1010. The maximum atomic E-state index is 13.8. The van der Waals surface area contributed by atoms with E-state index in [-0.39, 0.29) is 18.1 Å². The Labute approximate surface area is 168 Å². The summed E-state index contributed by atoms with van der Waals surface area (Å²) < 4.78 is 24.7. The first-order chi connectivity index (χ1) is 14.0. The molecular weight excluding hydrogens is 373 g/mol. The molecule has 29 heavy (non-hydrogen) atoms. The highest BCUT2D eigenvalue weighted by atomic mass is 19.1. The Balaban J connectivity index is 1.89. The number of methoxy groups -OCH3 is 2. The van der Waals surface area contributed by atoms with Gasteiger partial charge in [0.25, 0.3) is 0 Å². The largest absolute Gasteiger partial charge is 0.497 e. The molecule has 2 aromatic carbocycles. The molecule has 1 amide bonds. The Hall–Kier alpha value is -3.15. The molecule has 4 rings (SSSR count). The molecule has 150 valence electrons. The summed E-state index contributed by atoms with van der Waals surface area (Å²) in [6.07, 6.45) is 1.79. The van der Waals surface area contributed by atoms with Gasteiger partial charge in [0.2, 0.25) is 5.91 Å². The predicted octanol–water partition coefficient (Wildman–Crippen LogP) is 4.37. The fourth-order valence-corrected chi connectivity index (χ4v) is 4.29. The zero-order valence-electron chi connectivity index (χ0n) is 16.4. The molecule has 0 fully saturated rings. The molecule has 0 bridgehead atoms. The summed E-state index contributed by atoms with van der Waals surface area (Å²) >= 11 is 0. The number of halogens is 1. The molecule has 2 aliphatic rings. The number of nitrogens with zero attached hydrogens (tertiary/aromatic N) is 1. The first kappa shape index (κ1) is 19.2. The number of amides is 1. The minimum Gasteiger partial charge on any atom is -0.497 e. The van der Waals surface area contributed by atoms with Crippen LogP contribution in [0.3, 0.4) is 0 Å². The van der Waals surface area contributed by atoms with Crippen molar-refractivity contribution in [2.75, 3.05) is 19.1 Å². The number of carbonyl (C=O) groups excluding carboxylic acids is 2. The van der Waals surface area contributed by atoms with Crippen LogP contribution in [0.4, 0.5) is 10.1 Å². The van der Waals surface area contributed by atoms with Crippen LogP contribution in [0.2, 0.25) is 0 Å². The predicted molar refractivity (Wildman–Crippen MR) is 107 cm³/mol. The number of ketones is 1. The maximum Gasteiger partial charge on any atom is 0.232 e. The lowest BCUT2D eigenvalue weighted by atomic mass is 9.76. The molecule has 0 spiro atoms. The number of allylic oxidation sites excluding steroid dienone is 2. The Kier molecular flexibility index (Phi) is 5.09. The molecule has 1 heterocycles. The maximum absolute atomic E-state index is 13.8. The molecule has 0 radical (unpaired) electrons. The van der Waals surface area contributed by atoms with Crippen LogP contribution in [0.1, 0.15) is 37.2 Å². The van der Waals surface area contributed by atoms with Gasteiger partial charge < -0.3 is 9.47 Å². The van der Waals surface area contributed by atoms with E-state index in [4.69, 9.17) is 9.47 Å². The molecule has 0 saturated heterocycles. The summed E-state index contributed by atoms with van der Waals surface area (Å²) in [6.45, 7) is 0. The van der Waals surface area contributed by atoms with Crippen molar-refractivity contribution in [3.8, 4) is 11.5 Å². The average Bonchev–Trinajstić information content (AvgIpc) is 2.72. The van der Waals surface area contributed by atoms with E-state index >= 15 is 0 Å². The first-order valence-corrected chi connectivity index (χ1v) is 9.60. The van der Waals surface area contributed by atoms with Crippen molar-refractivity contribution in [1.29, 1.82) is 0 Å². The van der Waals surface area contributed by atoms with Crippen molar-refractivity contribution in [2.24, 2.45) is 0 Å². The number of ether oxygens (including phenoxy) is 2. The fraction of sp³-hybridized carbons (Fsp3) is 0.304. The van der Waals surface area contributed by atoms with E-state index in [1.807, 2.05) is 6.07 Å². The Morgan fingerprint density at radius 1 is 1.03 bits per heavy atom. The van der Waals surface area contributed by atoms with E-state index in [2.05, 4.69) is 0 Å². The highest BCUT2D eigenvalue weighted by molar-refractivity contribution is 6.07. The number of rotatable bonds is 4. The van der Waals surface area contributed by atoms with E-state index in [1.165, 1.54) is 17.0 Å². The van der Waals surface area contributed by atoms with Crippen LogP contribution in [0.25, 0.3) is 0 Å². The third-order valence-electron chi connectivity index (χ3n) is 5.55. The fourth-order valence-electron chi connectivity index (χ4n) is 4.29. The zero-order valence-corrected chi connectivity index (χ0v) is 16.4. The van der Waals surface area contributed by atoms with Crippen LogP contribution in [-0.4, -0.2) is 25.9 Å². The number of hydrogen-bond donors (Lipinski definition) is 0. The van der Waals surface area contributed by atoms with Crippen LogP contribution in [-0.2, 0) is 9.59 Å². The van der Waals surface area contributed by atoms with Gasteiger partial charge in [-0.05, 0) is 49.2 Å². The molecule has 6 heteroatoms. The number of Topliss-reactive ketones (excluding diaryl/α,β-unsaturated/α-hetero) is 1. The number of carbonyl (C=O) groups is 2. The van der Waals surface area contributed by atoms with E-state index in [0.717, 1.165) is 5.56 Å². The summed E-state index contributed by atoms with van der Waals surface area (Å²) in [4.78, 5) is 27.7. The molecule has 0 aromatic heterocycles. The van der Waals surface area contributed by atoms with Crippen LogP contribution < -0.4 is 14.4 Å².